The number of benzene rings is 1. The van der Waals surface area contributed by atoms with Crippen LogP contribution in [0.25, 0.3) is 10.9 Å². The lowest BCUT2D eigenvalue weighted by molar-refractivity contribution is 0.692. The minimum atomic E-state index is 0.932. The van der Waals surface area contributed by atoms with E-state index in [9.17, 15) is 0 Å². The molecule has 2 nitrogen and oxygen atoms in total. The smallest absolute Gasteiger partial charge is 0.0483 e. The van der Waals surface area contributed by atoms with Crippen LogP contribution in [0.1, 0.15) is 18.2 Å². The fraction of sp³-hybridized carbons (Fsp3) is 0.385. The standard InChI is InChI=1S/C13H18N2/c1-4-15-12(9-14-3)8-11-7-10(2)5-6-13(11)15/h5-8,14H,4,9H2,1-3H3. The Morgan fingerprint density at radius 3 is 2.73 bits per heavy atom. The van der Waals surface area contributed by atoms with Crippen LogP contribution >= 0.6 is 0 Å². The van der Waals surface area contributed by atoms with Gasteiger partial charge < -0.3 is 9.88 Å². The molecule has 0 aliphatic carbocycles. The Bertz CT molecular complexity index is 469. The normalized spacial score (nSPS) is 11.1. The van der Waals surface area contributed by atoms with E-state index in [1.807, 2.05) is 7.05 Å². The maximum Gasteiger partial charge on any atom is 0.0483 e. The molecule has 80 valence electrons. The highest BCUT2D eigenvalue weighted by molar-refractivity contribution is 5.82. The van der Waals surface area contributed by atoms with Crippen molar-refractivity contribution in [1.29, 1.82) is 0 Å². The molecule has 1 aromatic heterocycles. The van der Waals surface area contributed by atoms with E-state index in [1.54, 1.807) is 0 Å². The predicted molar refractivity (Wildman–Crippen MR) is 65.1 cm³/mol. The summed E-state index contributed by atoms with van der Waals surface area (Å²) in [5.74, 6) is 0. The molecule has 2 rings (SSSR count). The summed E-state index contributed by atoms with van der Waals surface area (Å²) in [6, 6.07) is 8.92. The van der Waals surface area contributed by atoms with Crippen LogP contribution in [0, 0.1) is 6.92 Å². The number of aryl methyl sites for hydroxylation is 2. The molecule has 0 amide bonds. The molecule has 0 saturated carbocycles. The molecule has 0 saturated heterocycles. The van der Waals surface area contributed by atoms with Crippen molar-refractivity contribution in [1.82, 2.24) is 9.88 Å². The van der Waals surface area contributed by atoms with Gasteiger partial charge in [-0.2, -0.15) is 0 Å². The van der Waals surface area contributed by atoms with E-state index in [0.29, 0.717) is 0 Å². The Morgan fingerprint density at radius 1 is 1.27 bits per heavy atom. The van der Waals surface area contributed by atoms with Crippen molar-refractivity contribution in [2.24, 2.45) is 0 Å². The topological polar surface area (TPSA) is 17.0 Å². The molecular weight excluding hydrogens is 184 g/mol. The minimum Gasteiger partial charge on any atom is -0.344 e. The first-order chi connectivity index (χ1) is 7.26. The van der Waals surface area contributed by atoms with Gasteiger partial charge in [0.1, 0.15) is 0 Å². The molecular formula is C13H18N2. The second-order valence-corrected chi connectivity index (χ2v) is 3.97. The zero-order valence-corrected chi connectivity index (χ0v) is 9.67. The first kappa shape index (κ1) is 10.2. The Labute approximate surface area is 90.9 Å². The number of aromatic nitrogens is 1. The van der Waals surface area contributed by atoms with E-state index >= 15 is 0 Å². The first-order valence-electron chi connectivity index (χ1n) is 5.49. The molecule has 0 atom stereocenters. The molecule has 2 aromatic rings. The van der Waals surface area contributed by atoms with Gasteiger partial charge >= 0.3 is 0 Å². The van der Waals surface area contributed by atoms with Crippen molar-refractivity contribution in [3.05, 3.63) is 35.5 Å². The number of nitrogens with one attached hydrogen (secondary N) is 1. The third-order valence-electron chi connectivity index (χ3n) is 2.82. The zero-order valence-electron chi connectivity index (χ0n) is 9.67. The molecule has 0 aliphatic heterocycles. The minimum absolute atomic E-state index is 0.932. The van der Waals surface area contributed by atoms with Gasteiger partial charge in [0.25, 0.3) is 0 Å². The lowest BCUT2D eigenvalue weighted by atomic mass is 10.2. The summed E-state index contributed by atoms with van der Waals surface area (Å²) in [7, 11) is 1.99. The van der Waals surface area contributed by atoms with Gasteiger partial charge in [-0.3, -0.25) is 0 Å². The van der Waals surface area contributed by atoms with Crippen LogP contribution in [0.15, 0.2) is 24.3 Å². The van der Waals surface area contributed by atoms with E-state index in [2.05, 4.69) is 48.0 Å². The number of hydrogen-bond donors (Lipinski definition) is 1. The second-order valence-electron chi connectivity index (χ2n) is 3.97. The van der Waals surface area contributed by atoms with Gasteiger partial charge in [-0.1, -0.05) is 11.6 Å². The molecule has 15 heavy (non-hydrogen) atoms. The van der Waals surface area contributed by atoms with Crippen LogP contribution in [0.5, 0.6) is 0 Å². The summed E-state index contributed by atoms with van der Waals surface area (Å²) in [6.07, 6.45) is 0. The first-order valence-corrected chi connectivity index (χ1v) is 5.49. The van der Waals surface area contributed by atoms with Gasteiger partial charge in [-0.05, 0) is 39.1 Å². The van der Waals surface area contributed by atoms with Crippen LogP contribution in [-0.4, -0.2) is 11.6 Å². The lowest BCUT2D eigenvalue weighted by Gasteiger charge is -2.06. The van der Waals surface area contributed by atoms with E-state index in [4.69, 9.17) is 0 Å². The van der Waals surface area contributed by atoms with Gasteiger partial charge in [0, 0.05) is 29.7 Å². The van der Waals surface area contributed by atoms with E-state index in [-0.39, 0.29) is 0 Å². The Balaban J connectivity index is 2.62. The number of nitrogens with zero attached hydrogens (tertiary/aromatic N) is 1. The molecule has 1 N–H and O–H groups in total. The molecule has 0 radical (unpaired) electrons. The van der Waals surface area contributed by atoms with Gasteiger partial charge in [0.15, 0.2) is 0 Å². The molecule has 0 aliphatic rings. The number of fused-ring (bicyclic) bond motifs is 1. The fourth-order valence-corrected chi connectivity index (χ4v) is 2.15. The lowest BCUT2D eigenvalue weighted by Crippen LogP contribution is -2.10. The van der Waals surface area contributed by atoms with E-state index in [1.165, 1.54) is 22.2 Å². The summed E-state index contributed by atoms with van der Waals surface area (Å²) >= 11 is 0. The van der Waals surface area contributed by atoms with E-state index in [0.717, 1.165) is 13.1 Å². The Hall–Kier alpha value is -1.28. The second kappa shape index (κ2) is 4.07. The van der Waals surface area contributed by atoms with E-state index < -0.39 is 0 Å². The van der Waals surface area contributed by atoms with Crippen LogP contribution < -0.4 is 5.32 Å². The molecule has 1 heterocycles. The summed E-state index contributed by atoms with van der Waals surface area (Å²) in [5, 5.41) is 4.56. The van der Waals surface area contributed by atoms with Crippen molar-refractivity contribution >= 4 is 10.9 Å². The average Bonchev–Trinajstić information content (AvgIpc) is 2.54. The Kier molecular flexibility index (Phi) is 2.78. The highest BCUT2D eigenvalue weighted by atomic mass is 15.0. The highest BCUT2D eigenvalue weighted by Crippen LogP contribution is 2.21. The molecule has 2 heteroatoms. The van der Waals surface area contributed by atoms with Gasteiger partial charge in [-0.25, -0.2) is 0 Å². The van der Waals surface area contributed by atoms with Gasteiger partial charge in [0.05, 0.1) is 0 Å². The summed E-state index contributed by atoms with van der Waals surface area (Å²) < 4.78 is 2.37. The van der Waals surface area contributed by atoms with Crippen molar-refractivity contribution in [3.63, 3.8) is 0 Å². The molecule has 0 bridgehead atoms. The van der Waals surface area contributed by atoms with Crippen molar-refractivity contribution < 1.29 is 0 Å². The van der Waals surface area contributed by atoms with Gasteiger partial charge in [0.2, 0.25) is 0 Å². The average molecular weight is 202 g/mol. The summed E-state index contributed by atoms with van der Waals surface area (Å²) in [5.41, 5.74) is 4.03. The molecule has 0 unspecified atom stereocenters. The molecule has 1 aromatic carbocycles. The summed E-state index contributed by atoms with van der Waals surface area (Å²) in [6.45, 7) is 6.30. The number of rotatable bonds is 3. The van der Waals surface area contributed by atoms with Crippen LogP contribution in [0.3, 0.4) is 0 Å². The SMILES string of the molecule is CCn1c(CNC)cc2cc(C)ccc21. The number of hydrogen-bond acceptors (Lipinski definition) is 1. The third kappa shape index (κ3) is 1.77. The largest absolute Gasteiger partial charge is 0.344 e. The Morgan fingerprint density at radius 2 is 2.07 bits per heavy atom. The predicted octanol–water partition coefficient (Wildman–Crippen LogP) is 2.69. The van der Waals surface area contributed by atoms with Crippen LogP contribution in [0.4, 0.5) is 0 Å². The molecule has 0 spiro atoms. The van der Waals surface area contributed by atoms with Crippen LogP contribution in [-0.2, 0) is 13.1 Å². The monoisotopic (exact) mass is 202 g/mol. The third-order valence-corrected chi connectivity index (χ3v) is 2.82. The fourth-order valence-electron chi connectivity index (χ4n) is 2.15. The maximum absolute atomic E-state index is 3.21. The molecule has 0 fully saturated rings. The zero-order chi connectivity index (χ0) is 10.8. The van der Waals surface area contributed by atoms with Crippen molar-refractivity contribution in [3.8, 4) is 0 Å². The van der Waals surface area contributed by atoms with Gasteiger partial charge in [-0.15, -0.1) is 0 Å². The summed E-state index contributed by atoms with van der Waals surface area (Å²) in [4.78, 5) is 0. The van der Waals surface area contributed by atoms with Crippen molar-refractivity contribution in [2.45, 2.75) is 26.9 Å². The quantitative estimate of drug-likeness (QED) is 0.809. The highest BCUT2D eigenvalue weighted by Gasteiger charge is 2.06. The van der Waals surface area contributed by atoms with Crippen LogP contribution in [0.2, 0.25) is 0 Å². The maximum atomic E-state index is 3.21. The van der Waals surface area contributed by atoms with Crippen molar-refractivity contribution in [2.75, 3.05) is 7.05 Å².